The number of hydrogen-bond acceptors (Lipinski definition) is 3. The van der Waals surface area contributed by atoms with E-state index in [1.165, 1.54) is 11.3 Å². The van der Waals surface area contributed by atoms with E-state index in [2.05, 4.69) is 26.6 Å². The van der Waals surface area contributed by atoms with Crippen molar-refractivity contribution in [2.24, 2.45) is 5.41 Å². The number of aliphatic carboxylic acids is 1. The molecule has 0 spiro atoms. The van der Waals surface area contributed by atoms with Crippen molar-refractivity contribution in [1.29, 1.82) is 0 Å². The van der Waals surface area contributed by atoms with E-state index in [0.717, 1.165) is 8.66 Å². The molecule has 0 aliphatic carbocycles. The second-order valence-corrected chi connectivity index (χ2v) is 6.98. The number of amides is 2. The maximum atomic E-state index is 11.5. The number of halogens is 1. The van der Waals surface area contributed by atoms with E-state index in [4.69, 9.17) is 5.11 Å². The van der Waals surface area contributed by atoms with E-state index < -0.39 is 11.4 Å². The Labute approximate surface area is 118 Å². The highest BCUT2D eigenvalue weighted by Gasteiger charge is 2.27. The first-order valence-electron chi connectivity index (χ1n) is 5.30. The van der Waals surface area contributed by atoms with Gasteiger partial charge in [0.2, 0.25) is 0 Å². The highest BCUT2D eigenvalue weighted by molar-refractivity contribution is 9.11. The molecule has 3 N–H and O–H groups in total. The van der Waals surface area contributed by atoms with Crippen molar-refractivity contribution in [2.75, 3.05) is 6.54 Å². The Kier molecular flexibility index (Phi) is 5.15. The van der Waals surface area contributed by atoms with Gasteiger partial charge >= 0.3 is 12.0 Å². The van der Waals surface area contributed by atoms with Crippen LogP contribution in [0.5, 0.6) is 0 Å². The predicted molar refractivity (Wildman–Crippen MR) is 73.7 cm³/mol. The zero-order valence-electron chi connectivity index (χ0n) is 10.1. The molecule has 1 rings (SSSR count). The highest BCUT2D eigenvalue weighted by Crippen LogP contribution is 2.21. The van der Waals surface area contributed by atoms with E-state index in [1.54, 1.807) is 13.8 Å². The summed E-state index contributed by atoms with van der Waals surface area (Å²) in [4.78, 5) is 23.3. The van der Waals surface area contributed by atoms with Crippen LogP contribution in [0.25, 0.3) is 0 Å². The van der Waals surface area contributed by atoms with Crippen LogP contribution in [0.3, 0.4) is 0 Å². The summed E-state index contributed by atoms with van der Waals surface area (Å²) in [6.45, 7) is 3.63. The van der Waals surface area contributed by atoms with Gasteiger partial charge in [-0.15, -0.1) is 11.3 Å². The molecule has 5 nitrogen and oxygen atoms in total. The van der Waals surface area contributed by atoms with Gasteiger partial charge in [0.25, 0.3) is 0 Å². The molecule has 0 aliphatic heterocycles. The van der Waals surface area contributed by atoms with Crippen LogP contribution in [0.15, 0.2) is 15.9 Å². The maximum Gasteiger partial charge on any atom is 0.315 e. The highest BCUT2D eigenvalue weighted by atomic mass is 79.9. The SMILES string of the molecule is CC(C)(CNC(=O)NCc1ccc(Br)s1)C(=O)O. The van der Waals surface area contributed by atoms with E-state index >= 15 is 0 Å². The zero-order chi connectivity index (χ0) is 13.8. The van der Waals surface area contributed by atoms with Gasteiger partial charge in [0.15, 0.2) is 0 Å². The fraction of sp³-hybridized carbons (Fsp3) is 0.455. The number of thiophene rings is 1. The van der Waals surface area contributed by atoms with E-state index in [0.29, 0.717) is 6.54 Å². The van der Waals surface area contributed by atoms with Gasteiger partial charge in [0, 0.05) is 11.4 Å². The number of carboxylic acid groups (broad SMARTS) is 1. The first kappa shape index (κ1) is 15.0. The Morgan fingerprint density at radius 1 is 1.39 bits per heavy atom. The molecule has 0 radical (unpaired) electrons. The molecule has 2 amide bonds. The van der Waals surface area contributed by atoms with Crippen LogP contribution in [0.1, 0.15) is 18.7 Å². The average Bonchev–Trinajstić information content (AvgIpc) is 2.69. The monoisotopic (exact) mass is 334 g/mol. The number of rotatable bonds is 5. The molecule has 0 saturated carbocycles. The molecule has 0 atom stereocenters. The number of carbonyl (C=O) groups is 2. The summed E-state index contributed by atoms with van der Waals surface area (Å²) in [6.07, 6.45) is 0. The molecule has 0 unspecified atom stereocenters. The quantitative estimate of drug-likeness (QED) is 0.773. The van der Waals surface area contributed by atoms with Gasteiger partial charge in [-0.25, -0.2) is 4.79 Å². The van der Waals surface area contributed by atoms with E-state index in [1.807, 2.05) is 12.1 Å². The third kappa shape index (κ3) is 4.66. The molecule has 0 aliphatic rings. The van der Waals surface area contributed by atoms with E-state index in [-0.39, 0.29) is 12.6 Å². The molecule has 0 fully saturated rings. The minimum Gasteiger partial charge on any atom is -0.481 e. The van der Waals surface area contributed by atoms with Crippen molar-refractivity contribution >= 4 is 39.3 Å². The van der Waals surface area contributed by atoms with Crippen molar-refractivity contribution in [2.45, 2.75) is 20.4 Å². The molecule has 0 aromatic carbocycles. The number of nitrogens with one attached hydrogen (secondary N) is 2. The molecule has 1 aromatic rings. The molecule has 1 heterocycles. The van der Waals surface area contributed by atoms with Gasteiger partial charge in [-0.2, -0.15) is 0 Å². The van der Waals surface area contributed by atoms with Gasteiger partial charge in [-0.3, -0.25) is 4.79 Å². The van der Waals surface area contributed by atoms with Crippen molar-refractivity contribution in [1.82, 2.24) is 10.6 Å². The van der Waals surface area contributed by atoms with Crippen LogP contribution in [0.2, 0.25) is 0 Å². The third-order valence-corrected chi connectivity index (χ3v) is 3.95. The van der Waals surface area contributed by atoms with Gasteiger partial charge < -0.3 is 15.7 Å². The molecule has 0 saturated heterocycles. The summed E-state index contributed by atoms with van der Waals surface area (Å²) in [6, 6.07) is 3.46. The fourth-order valence-corrected chi connectivity index (χ4v) is 2.48. The van der Waals surface area contributed by atoms with Crippen molar-refractivity contribution in [3.8, 4) is 0 Å². The second kappa shape index (κ2) is 6.19. The van der Waals surface area contributed by atoms with Crippen molar-refractivity contribution in [3.05, 3.63) is 20.8 Å². The smallest absolute Gasteiger partial charge is 0.315 e. The first-order chi connectivity index (χ1) is 8.31. The van der Waals surface area contributed by atoms with Gasteiger partial charge in [0.05, 0.1) is 15.7 Å². The van der Waals surface area contributed by atoms with Crippen LogP contribution < -0.4 is 10.6 Å². The number of carboxylic acids is 1. The summed E-state index contributed by atoms with van der Waals surface area (Å²) < 4.78 is 1.01. The summed E-state index contributed by atoms with van der Waals surface area (Å²) in [5, 5.41) is 14.1. The molecule has 7 heteroatoms. The molecular formula is C11H15BrN2O3S. The third-order valence-electron chi connectivity index (χ3n) is 2.32. The molecule has 1 aromatic heterocycles. The topological polar surface area (TPSA) is 78.4 Å². The zero-order valence-corrected chi connectivity index (χ0v) is 12.5. The van der Waals surface area contributed by atoms with Crippen LogP contribution in [-0.4, -0.2) is 23.7 Å². The van der Waals surface area contributed by atoms with Crippen LogP contribution in [0, 0.1) is 5.41 Å². The minimum atomic E-state index is -0.969. The van der Waals surface area contributed by atoms with Crippen molar-refractivity contribution in [3.63, 3.8) is 0 Å². The summed E-state index contributed by atoms with van der Waals surface area (Å²) in [5.41, 5.74) is -0.969. The first-order valence-corrected chi connectivity index (χ1v) is 6.91. The summed E-state index contributed by atoms with van der Waals surface area (Å²) >= 11 is 4.88. The lowest BCUT2D eigenvalue weighted by molar-refractivity contribution is -0.146. The average molecular weight is 335 g/mol. The molecule has 100 valence electrons. The molecular weight excluding hydrogens is 320 g/mol. The Balaban J connectivity index is 2.32. The largest absolute Gasteiger partial charge is 0.481 e. The van der Waals surface area contributed by atoms with Gasteiger partial charge in [0.1, 0.15) is 0 Å². The lowest BCUT2D eigenvalue weighted by Gasteiger charge is -2.19. The predicted octanol–water partition coefficient (Wildman–Crippen LogP) is 2.42. The van der Waals surface area contributed by atoms with Gasteiger partial charge in [-0.05, 0) is 41.9 Å². The number of hydrogen-bond donors (Lipinski definition) is 3. The van der Waals surface area contributed by atoms with Crippen LogP contribution in [-0.2, 0) is 11.3 Å². The van der Waals surface area contributed by atoms with E-state index in [9.17, 15) is 9.59 Å². The maximum absolute atomic E-state index is 11.5. The minimum absolute atomic E-state index is 0.0856. The Bertz CT molecular complexity index is 445. The Hall–Kier alpha value is -1.08. The van der Waals surface area contributed by atoms with Gasteiger partial charge in [-0.1, -0.05) is 0 Å². The molecule has 0 bridgehead atoms. The lowest BCUT2D eigenvalue weighted by Crippen LogP contribution is -2.43. The normalized spacial score (nSPS) is 11.1. The van der Waals surface area contributed by atoms with Crippen molar-refractivity contribution < 1.29 is 14.7 Å². The second-order valence-electron chi connectivity index (χ2n) is 4.43. The number of urea groups is 1. The number of carbonyl (C=O) groups excluding carboxylic acids is 1. The Morgan fingerprint density at radius 3 is 2.56 bits per heavy atom. The Morgan fingerprint density at radius 2 is 2.06 bits per heavy atom. The van der Waals surface area contributed by atoms with Crippen LogP contribution >= 0.6 is 27.3 Å². The standard InChI is InChI=1S/C11H15BrN2O3S/c1-11(2,9(15)16)6-14-10(17)13-5-7-3-4-8(12)18-7/h3-4H,5-6H2,1-2H3,(H,15,16)(H2,13,14,17). The summed E-state index contributed by atoms with van der Waals surface area (Å²) in [7, 11) is 0. The van der Waals surface area contributed by atoms with Crippen LogP contribution in [0.4, 0.5) is 4.79 Å². The summed E-state index contributed by atoms with van der Waals surface area (Å²) in [5.74, 6) is -0.940. The molecule has 18 heavy (non-hydrogen) atoms. The fourth-order valence-electron chi connectivity index (χ4n) is 1.05. The lowest BCUT2D eigenvalue weighted by atomic mass is 9.94.